The number of carbonyl (C=O) groups excluding carboxylic acids is 3. The molecule has 138 valence electrons. The fourth-order valence-corrected chi connectivity index (χ4v) is 3.37. The molecule has 1 aliphatic rings. The van der Waals surface area contributed by atoms with E-state index in [-0.39, 0.29) is 30.3 Å². The summed E-state index contributed by atoms with van der Waals surface area (Å²) in [6, 6.07) is 3.67. The predicted octanol–water partition coefficient (Wildman–Crippen LogP) is 2.31. The number of rotatable bonds is 7. The van der Waals surface area contributed by atoms with Crippen LogP contribution in [0.4, 0.5) is 0 Å². The number of likely N-dealkylation sites (tertiary alicyclic amines) is 1. The van der Waals surface area contributed by atoms with Crippen molar-refractivity contribution in [3.05, 3.63) is 22.4 Å². The Labute approximate surface area is 152 Å². The zero-order valence-electron chi connectivity index (χ0n) is 14.8. The molecule has 1 N–H and O–H groups in total. The van der Waals surface area contributed by atoms with Crippen LogP contribution in [0.1, 0.15) is 42.8 Å². The normalized spacial score (nSPS) is 15.2. The van der Waals surface area contributed by atoms with E-state index in [0.717, 1.165) is 11.3 Å². The third-order valence-corrected chi connectivity index (χ3v) is 5.09. The van der Waals surface area contributed by atoms with Crippen molar-refractivity contribution in [2.75, 3.05) is 26.2 Å². The summed E-state index contributed by atoms with van der Waals surface area (Å²) in [6.07, 6.45) is 2.05. The van der Waals surface area contributed by atoms with Gasteiger partial charge in [0, 0.05) is 19.6 Å². The fourth-order valence-electron chi connectivity index (χ4n) is 2.68. The van der Waals surface area contributed by atoms with Gasteiger partial charge in [0.25, 0.3) is 11.8 Å². The first-order chi connectivity index (χ1) is 12.0. The number of amides is 2. The number of hydrogen-bond donors (Lipinski definition) is 1. The predicted molar refractivity (Wildman–Crippen MR) is 96.4 cm³/mol. The van der Waals surface area contributed by atoms with E-state index in [1.54, 1.807) is 4.90 Å². The van der Waals surface area contributed by atoms with Crippen LogP contribution in [0, 0.1) is 11.8 Å². The van der Waals surface area contributed by atoms with Crippen molar-refractivity contribution in [1.29, 1.82) is 0 Å². The molecule has 0 radical (unpaired) electrons. The van der Waals surface area contributed by atoms with E-state index < -0.39 is 0 Å². The van der Waals surface area contributed by atoms with Crippen molar-refractivity contribution in [2.45, 2.75) is 33.1 Å². The lowest BCUT2D eigenvalue weighted by Crippen LogP contribution is -2.41. The molecule has 1 aromatic heterocycles. The maximum atomic E-state index is 12.3. The van der Waals surface area contributed by atoms with Gasteiger partial charge in [0.2, 0.25) is 0 Å². The first-order valence-corrected chi connectivity index (χ1v) is 9.61. The van der Waals surface area contributed by atoms with Gasteiger partial charge in [-0.25, -0.2) is 0 Å². The SMILES string of the molecule is CC(C)CCNC(=O)COC(=O)C1CCN(C(=O)c2cccs2)CC1. The molecule has 1 fully saturated rings. The number of esters is 1. The first-order valence-electron chi connectivity index (χ1n) is 8.73. The largest absolute Gasteiger partial charge is 0.455 e. The number of carbonyl (C=O) groups is 3. The van der Waals surface area contributed by atoms with Crippen molar-refractivity contribution in [3.8, 4) is 0 Å². The molecule has 2 amide bonds. The molecule has 0 aliphatic carbocycles. The number of hydrogen-bond acceptors (Lipinski definition) is 5. The average Bonchev–Trinajstić information content (AvgIpc) is 3.13. The molecule has 7 heteroatoms. The van der Waals surface area contributed by atoms with Crippen LogP contribution >= 0.6 is 11.3 Å². The Hall–Kier alpha value is -1.89. The van der Waals surface area contributed by atoms with E-state index in [0.29, 0.717) is 38.4 Å². The fraction of sp³-hybridized carbons (Fsp3) is 0.611. The molecule has 25 heavy (non-hydrogen) atoms. The average molecular weight is 366 g/mol. The van der Waals surface area contributed by atoms with Gasteiger partial charge in [0.15, 0.2) is 6.61 Å². The number of thiophene rings is 1. The van der Waals surface area contributed by atoms with Crippen molar-refractivity contribution in [2.24, 2.45) is 11.8 Å². The van der Waals surface area contributed by atoms with Gasteiger partial charge in [-0.05, 0) is 36.6 Å². The van der Waals surface area contributed by atoms with Crippen LogP contribution in [0.25, 0.3) is 0 Å². The van der Waals surface area contributed by atoms with E-state index >= 15 is 0 Å². The Morgan fingerprint density at radius 3 is 2.64 bits per heavy atom. The Balaban J connectivity index is 1.67. The minimum atomic E-state index is -0.345. The summed E-state index contributed by atoms with van der Waals surface area (Å²) in [5, 5.41) is 4.62. The number of ether oxygens (including phenoxy) is 1. The summed E-state index contributed by atoms with van der Waals surface area (Å²) in [4.78, 5) is 38.5. The molecule has 0 aromatic carbocycles. The topological polar surface area (TPSA) is 75.7 Å². The highest BCUT2D eigenvalue weighted by atomic mass is 32.1. The standard InChI is InChI=1S/C18H26N2O4S/c1-13(2)5-8-19-16(21)12-24-18(23)14-6-9-20(10-7-14)17(22)15-4-3-11-25-15/h3-4,11,13-14H,5-10,12H2,1-2H3,(H,19,21). The van der Waals surface area contributed by atoms with Gasteiger partial charge in [0.05, 0.1) is 10.8 Å². The van der Waals surface area contributed by atoms with E-state index in [1.165, 1.54) is 11.3 Å². The van der Waals surface area contributed by atoms with Gasteiger partial charge in [-0.2, -0.15) is 0 Å². The van der Waals surface area contributed by atoms with Gasteiger partial charge in [-0.3, -0.25) is 14.4 Å². The van der Waals surface area contributed by atoms with Crippen LogP contribution in [0.5, 0.6) is 0 Å². The van der Waals surface area contributed by atoms with Crippen LogP contribution in [0.3, 0.4) is 0 Å². The van der Waals surface area contributed by atoms with Crippen molar-refractivity contribution in [1.82, 2.24) is 10.2 Å². The van der Waals surface area contributed by atoms with Gasteiger partial charge in [-0.1, -0.05) is 19.9 Å². The molecule has 0 saturated carbocycles. The maximum Gasteiger partial charge on any atom is 0.309 e. The van der Waals surface area contributed by atoms with Crippen molar-refractivity contribution >= 4 is 29.1 Å². The zero-order valence-corrected chi connectivity index (χ0v) is 15.6. The summed E-state index contributed by atoms with van der Waals surface area (Å²) in [7, 11) is 0. The van der Waals surface area contributed by atoms with E-state index in [4.69, 9.17) is 4.74 Å². The second-order valence-electron chi connectivity index (χ2n) is 6.68. The summed E-state index contributed by atoms with van der Waals surface area (Å²) < 4.78 is 5.12. The Morgan fingerprint density at radius 2 is 2.04 bits per heavy atom. The molecular formula is C18H26N2O4S. The minimum absolute atomic E-state index is 0.0198. The van der Waals surface area contributed by atoms with E-state index in [9.17, 15) is 14.4 Å². The molecule has 0 bridgehead atoms. The monoisotopic (exact) mass is 366 g/mol. The van der Waals surface area contributed by atoms with Crippen LogP contribution in [-0.4, -0.2) is 48.9 Å². The summed E-state index contributed by atoms with van der Waals surface area (Å²) in [5.74, 6) is -0.311. The van der Waals surface area contributed by atoms with Crippen molar-refractivity contribution < 1.29 is 19.1 Å². The second kappa shape index (κ2) is 9.56. The highest BCUT2D eigenvalue weighted by molar-refractivity contribution is 7.12. The molecule has 1 aromatic rings. The summed E-state index contributed by atoms with van der Waals surface area (Å²) in [6.45, 7) is 5.61. The number of nitrogens with one attached hydrogen (secondary N) is 1. The number of nitrogens with zero attached hydrogens (tertiary/aromatic N) is 1. The Morgan fingerprint density at radius 1 is 1.32 bits per heavy atom. The van der Waals surface area contributed by atoms with Gasteiger partial charge in [0.1, 0.15) is 0 Å². The third kappa shape index (κ3) is 6.16. The molecule has 2 heterocycles. The van der Waals surface area contributed by atoms with Gasteiger partial charge >= 0.3 is 5.97 Å². The quantitative estimate of drug-likeness (QED) is 0.752. The minimum Gasteiger partial charge on any atom is -0.455 e. The molecule has 0 unspecified atom stereocenters. The van der Waals surface area contributed by atoms with Gasteiger partial charge in [-0.15, -0.1) is 11.3 Å². The van der Waals surface area contributed by atoms with E-state index in [1.807, 2.05) is 17.5 Å². The summed E-state index contributed by atoms with van der Waals surface area (Å²) in [5.41, 5.74) is 0. The van der Waals surface area contributed by atoms with Crippen LogP contribution < -0.4 is 5.32 Å². The Kier molecular flexibility index (Phi) is 7.43. The lowest BCUT2D eigenvalue weighted by molar-refractivity contribution is -0.153. The molecule has 0 atom stereocenters. The number of piperidine rings is 1. The smallest absolute Gasteiger partial charge is 0.309 e. The third-order valence-electron chi connectivity index (χ3n) is 4.24. The highest BCUT2D eigenvalue weighted by Crippen LogP contribution is 2.21. The Bertz CT molecular complexity index is 578. The van der Waals surface area contributed by atoms with Crippen LogP contribution in [0.15, 0.2) is 17.5 Å². The van der Waals surface area contributed by atoms with Crippen LogP contribution in [-0.2, 0) is 14.3 Å². The second-order valence-corrected chi connectivity index (χ2v) is 7.63. The first kappa shape index (κ1) is 19.4. The highest BCUT2D eigenvalue weighted by Gasteiger charge is 2.29. The van der Waals surface area contributed by atoms with Crippen molar-refractivity contribution in [3.63, 3.8) is 0 Å². The van der Waals surface area contributed by atoms with E-state index in [2.05, 4.69) is 19.2 Å². The lowest BCUT2D eigenvalue weighted by Gasteiger charge is -2.30. The maximum absolute atomic E-state index is 12.3. The molecular weight excluding hydrogens is 340 g/mol. The van der Waals surface area contributed by atoms with Crippen LogP contribution in [0.2, 0.25) is 0 Å². The molecule has 1 aliphatic heterocycles. The van der Waals surface area contributed by atoms with Gasteiger partial charge < -0.3 is 15.0 Å². The molecule has 2 rings (SSSR count). The molecule has 6 nitrogen and oxygen atoms in total. The zero-order chi connectivity index (χ0) is 18.2. The molecule has 1 saturated heterocycles. The summed E-state index contributed by atoms with van der Waals surface area (Å²) >= 11 is 1.42. The molecule has 0 spiro atoms. The lowest BCUT2D eigenvalue weighted by atomic mass is 9.97.